The van der Waals surface area contributed by atoms with E-state index < -0.39 is 0 Å². The molecule has 2 aromatic rings. The van der Waals surface area contributed by atoms with Crippen LogP contribution in [-0.4, -0.2) is 22.3 Å². The zero-order valence-corrected chi connectivity index (χ0v) is 13.0. The Balaban J connectivity index is 1.74. The Morgan fingerprint density at radius 1 is 1.57 bits per heavy atom. The number of nitrogens with zero attached hydrogens (tertiary/aromatic N) is 2. The third kappa shape index (κ3) is 2.87. The monoisotopic (exact) mass is 305 g/mol. The van der Waals surface area contributed by atoms with Crippen molar-refractivity contribution in [2.75, 3.05) is 11.9 Å². The quantitative estimate of drug-likeness (QED) is 0.944. The molecular formula is C15H19N3O2S. The maximum atomic E-state index is 12.5. The number of ether oxygens (including phenoxy) is 1. The van der Waals surface area contributed by atoms with Gasteiger partial charge in [-0.2, -0.15) is 5.10 Å². The second kappa shape index (κ2) is 5.99. The van der Waals surface area contributed by atoms with Crippen molar-refractivity contribution in [3.8, 4) is 0 Å². The predicted octanol–water partition coefficient (Wildman–Crippen LogP) is 2.99. The molecule has 0 radical (unpaired) electrons. The van der Waals surface area contributed by atoms with Crippen molar-refractivity contribution in [3.05, 3.63) is 34.3 Å². The van der Waals surface area contributed by atoms with E-state index in [1.165, 1.54) is 0 Å². The Kier molecular flexibility index (Phi) is 4.07. The number of rotatable bonds is 4. The molecule has 0 bridgehead atoms. The van der Waals surface area contributed by atoms with Crippen molar-refractivity contribution in [2.24, 2.45) is 5.92 Å². The first-order valence-corrected chi connectivity index (χ1v) is 8.11. The molecule has 1 aliphatic heterocycles. The molecule has 112 valence electrons. The maximum Gasteiger partial charge on any atom is 0.230 e. The van der Waals surface area contributed by atoms with Crippen LogP contribution in [0.2, 0.25) is 0 Å². The largest absolute Gasteiger partial charge is 0.373 e. The average molecular weight is 305 g/mol. The van der Waals surface area contributed by atoms with Gasteiger partial charge in [0.25, 0.3) is 0 Å². The van der Waals surface area contributed by atoms with E-state index in [1.807, 2.05) is 35.5 Å². The van der Waals surface area contributed by atoms with Gasteiger partial charge >= 0.3 is 0 Å². The molecule has 1 aliphatic rings. The number of carbonyl (C=O) groups is 1. The summed E-state index contributed by atoms with van der Waals surface area (Å²) >= 11 is 1.59. The SMILES string of the molecule is CCn1cc([C@H]2OCC[C@@H]2C(=O)Nc2cscc2C)cn1. The first-order chi connectivity index (χ1) is 10.2. The number of hydrogen-bond donors (Lipinski definition) is 1. The van der Waals surface area contributed by atoms with Crippen molar-refractivity contribution < 1.29 is 9.53 Å². The molecule has 21 heavy (non-hydrogen) atoms. The highest BCUT2D eigenvalue weighted by molar-refractivity contribution is 7.08. The number of carbonyl (C=O) groups excluding carboxylic acids is 1. The number of thiophene rings is 1. The van der Waals surface area contributed by atoms with Crippen molar-refractivity contribution in [1.82, 2.24) is 9.78 Å². The van der Waals surface area contributed by atoms with Gasteiger partial charge in [0.15, 0.2) is 0 Å². The van der Waals surface area contributed by atoms with Crippen LogP contribution in [0.15, 0.2) is 23.2 Å². The van der Waals surface area contributed by atoms with Gasteiger partial charge in [-0.15, -0.1) is 11.3 Å². The minimum absolute atomic E-state index is 0.0308. The molecular weight excluding hydrogens is 286 g/mol. The number of aromatic nitrogens is 2. The Morgan fingerprint density at radius 2 is 2.43 bits per heavy atom. The fraction of sp³-hybridized carbons (Fsp3) is 0.467. The summed E-state index contributed by atoms with van der Waals surface area (Å²) in [6.07, 6.45) is 4.32. The summed E-state index contributed by atoms with van der Waals surface area (Å²) in [7, 11) is 0. The first-order valence-electron chi connectivity index (χ1n) is 7.16. The summed E-state index contributed by atoms with van der Waals surface area (Å²) in [6, 6.07) is 0. The molecule has 3 rings (SSSR count). The van der Waals surface area contributed by atoms with E-state index in [9.17, 15) is 4.79 Å². The van der Waals surface area contributed by atoms with Gasteiger partial charge in [-0.1, -0.05) is 0 Å². The Morgan fingerprint density at radius 3 is 3.10 bits per heavy atom. The van der Waals surface area contributed by atoms with Crippen LogP contribution < -0.4 is 5.32 Å². The molecule has 3 heterocycles. The molecule has 0 saturated carbocycles. The van der Waals surface area contributed by atoms with Crippen LogP contribution in [0.3, 0.4) is 0 Å². The lowest BCUT2D eigenvalue weighted by atomic mass is 9.96. The molecule has 1 N–H and O–H groups in total. The first kappa shape index (κ1) is 14.3. The topological polar surface area (TPSA) is 56.1 Å². The number of amides is 1. The van der Waals surface area contributed by atoms with E-state index in [0.717, 1.165) is 29.8 Å². The zero-order chi connectivity index (χ0) is 14.8. The van der Waals surface area contributed by atoms with Crippen LogP contribution in [-0.2, 0) is 16.1 Å². The molecule has 0 unspecified atom stereocenters. The number of anilines is 1. The molecule has 1 saturated heterocycles. The van der Waals surface area contributed by atoms with Gasteiger partial charge in [0.2, 0.25) is 5.91 Å². The van der Waals surface area contributed by atoms with Gasteiger partial charge in [-0.25, -0.2) is 0 Å². The molecule has 0 aromatic carbocycles. The van der Waals surface area contributed by atoms with E-state index in [4.69, 9.17) is 4.74 Å². The van der Waals surface area contributed by atoms with E-state index in [-0.39, 0.29) is 17.9 Å². The highest BCUT2D eigenvalue weighted by atomic mass is 32.1. The van der Waals surface area contributed by atoms with Gasteiger partial charge < -0.3 is 10.1 Å². The van der Waals surface area contributed by atoms with E-state index in [0.29, 0.717) is 6.61 Å². The van der Waals surface area contributed by atoms with Crippen molar-refractivity contribution in [3.63, 3.8) is 0 Å². The van der Waals surface area contributed by atoms with Crippen LogP contribution in [0.4, 0.5) is 5.69 Å². The van der Waals surface area contributed by atoms with Crippen LogP contribution in [0.5, 0.6) is 0 Å². The summed E-state index contributed by atoms with van der Waals surface area (Å²) in [4.78, 5) is 12.5. The van der Waals surface area contributed by atoms with Crippen molar-refractivity contribution in [1.29, 1.82) is 0 Å². The Bertz CT molecular complexity index is 634. The maximum absolute atomic E-state index is 12.5. The second-order valence-electron chi connectivity index (χ2n) is 5.27. The smallest absolute Gasteiger partial charge is 0.230 e. The van der Waals surface area contributed by atoms with Gasteiger partial charge in [0, 0.05) is 30.3 Å². The Labute approximate surface area is 127 Å². The molecule has 0 aliphatic carbocycles. The zero-order valence-electron chi connectivity index (χ0n) is 12.2. The van der Waals surface area contributed by atoms with Gasteiger partial charge in [-0.05, 0) is 31.2 Å². The van der Waals surface area contributed by atoms with Crippen LogP contribution >= 0.6 is 11.3 Å². The normalized spacial score (nSPS) is 21.6. The fourth-order valence-corrected chi connectivity index (χ4v) is 3.38. The van der Waals surface area contributed by atoms with Crippen molar-refractivity contribution >= 4 is 22.9 Å². The number of nitrogens with one attached hydrogen (secondary N) is 1. The third-order valence-electron chi connectivity index (χ3n) is 3.85. The van der Waals surface area contributed by atoms with E-state index in [1.54, 1.807) is 17.5 Å². The molecule has 1 amide bonds. The summed E-state index contributed by atoms with van der Waals surface area (Å²) in [6.45, 7) is 5.47. The van der Waals surface area contributed by atoms with Crippen LogP contribution in [0.25, 0.3) is 0 Å². The average Bonchev–Trinajstić information content (AvgIpc) is 3.18. The van der Waals surface area contributed by atoms with Gasteiger partial charge in [0.05, 0.1) is 23.9 Å². The third-order valence-corrected chi connectivity index (χ3v) is 4.71. The molecule has 2 aromatic heterocycles. The Hall–Kier alpha value is -1.66. The summed E-state index contributed by atoms with van der Waals surface area (Å²) in [5.41, 5.74) is 2.99. The summed E-state index contributed by atoms with van der Waals surface area (Å²) in [5, 5.41) is 11.3. The molecule has 1 fully saturated rings. The van der Waals surface area contributed by atoms with Crippen LogP contribution in [0.1, 0.15) is 30.6 Å². The highest BCUT2D eigenvalue weighted by Crippen LogP contribution is 2.35. The van der Waals surface area contributed by atoms with E-state index >= 15 is 0 Å². The highest BCUT2D eigenvalue weighted by Gasteiger charge is 2.36. The predicted molar refractivity (Wildman–Crippen MR) is 82.4 cm³/mol. The van der Waals surface area contributed by atoms with E-state index in [2.05, 4.69) is 10.4 Å². The summed E-state index contributed by atoms with van der Waals surface area (Å²) < 4.78 is 7.62. The van der Waals surface area contributed by atoms with Gasteiger partial charge in [0.1, 0.15) is 0 Å². The fourth-order valence-electron chi connectivity index (χ4n) is 2.60. The second-order valence-corrected chi connectivity index (χ2v) is 6.02. The number of aryl methyl sites for hydroxylation is 2. The molecule has 0 spiro atoms. The lowest BCUT2D eigenvalue weighted by Gasteiger charge is -2.16. The van der Waals surface area contributed by atoms with Gasteiger partial charge in [-0.3, -0.25) is 9.48 Å². The molecule has 6 heteroatoms. The molecule has 5 nitrogen and oxygen atoms in total. The lowest BCUT2D eigenvalue weighted by molar-refractivity contribution is -0.121. The summed E-state index contributed by atoms with van der Waals surface area (Å²) in [5.74, 6) is -0.123. The minimum Gasteiger partial charge on any atom is -0.373 e. The van der Waals surface area contributed by atoms with Crippen molar-refractivity contribution in [2.45, 2.75) is 32.9 Å². The van der Waals surface area contributed by atoms with Crippen LogP contribution in [0, 0.1) is 12.8 Å². The molecule has 2 atom stereocenters. The number of hydrogen-bond acceptors (Lipinski definition) is 4. The standard InChI is InChI=1S/C15H19N3O2S/c1-3-18-7-11(6-16-18)14-12(4-5-20-14)15(19)17-13-9-21-8-10(13)2/h6-9,12,14H,3-5H2,1-2H3,(H,17,19)/t12-,14+/m0/s1. The minimum atomic E-state index is -0.191. The lowest BCUT2D eigenvalue weighted by Crippen LogP contribution is -2.25.